The number of esters is 1. The molecule has 11 nitrogen and oxygen atoms in total. The van der Waals surface area contributed by atoms with Crippen LogP contribution in [0.25, 0.3) is 38.9 Å². The van der Waals surface area contributed by atoms with Gasteiger partial charge in [-0.1, -0.05) is 12.1 Å². The van der Waals surface area contributed by atoms with E-state index in [-0.39, 0.29) is 30.0 Å². The molecule has 5 aromatic rings. The lowest BCUT2D eigenvalue weighted by Gasteiger charge is -2.41. The van der Waals surface area contributed by atoms with Crippen LogP contribution in [0, 0.1) is 0 Å². The number of hydrogen-bond donors (Lipinski definition) is 1. The van der Waals surface area contributed by atoms with Crippen molar-refractivity contribution in [3.8, 4) is 22.4 Å². The smallest absolute Gasteiger partial charge is 0.329 e. The number of ether oxygens (including phenoxy) is 1. The number of fused-ring (bicyclic) bond motifs is 4. The van der Waals surface area contributed by atoms with Crippen molar-refractivity contribution in [2.75, 3.05) is 6.54 Å². The van der Waals surface area contributed by atoms with E-state index in [1.54, 1.807) is 17.3 Å². The summed E-state index contributed by atoms with van der Waals surface area (Å²) in [6, 6.07) is 11.9. The molecule has 0 spiro atoms. The summed E-state index contributed by atoms with van der Waals surface area (Å²) < 4.78 is 7.71. The second-order valence-electron chi connectivity index (χ2n) is 13.8. The topological polar surface area (TPSA) is 122 Å². The van der Waals surface area contributed by atoms with Crippen molar-refractivity contribution in [2.45, 2.75) is 88.9 Å². The van der Waals surface area contributed by atoms with Gasteiger partial charge in [0.05, 0.1) is 17.3 Å². The van der Waals surface area contributed by atoms with Gasteiger partial charge in [-0.15, -0.1) is 0 Å². The fourth-order valence-electron chi connectivity index (χ4n) is 7.91. The third kappa shape index (κ3) is 4.80. The molecule has 11 heteroatoms. The first-order valence-electron chi connectivity index (χ1n) is 16.3. The summed E-state index contributed by atoms with van der Waals surface area (Å²) in [6.45, 7) is 6.19. The number of carbonyl (C=O) groups excluding carboxylic acids is 2. The van der Waals surface area contributed by atoms with Crippen LogP contribution < -0.4 is 0 Å². The fraction of sp³-hybridized carbons (Fsp3) is 0.429. The van der Waals surface area contributed by atoms with E-state index in [2.05, 4.69) is 32.2 Å². The molecule has 1 N–H and O–H groups in total. The maximum absolute atomic E-state index is 14.0. The highest BCUT2D eigenvalue weighted by Crippen LogP contribution is 2.45. The molecule has 4 aromatic heterocycles. The molecule has 236 valence electrons. The Morgan fingerprint density at radius 3 is 2.52 bits per heavy atom. The van der Waals surface area contributed by atoms with Gasteiger partial charge in [0.1, 0.15) is 17.3 Å². The molecule has 0 aliphatic carbocycles. The van der Waals surface area contributed by atoms with Crippen LogP contribution in [-0.2, 0) is 9.53 Å². The molecule has 0 radical (unpaired) electrons. The maximum Gasteiger partial charge on any atom is 0.329 e. The van der Waals surface area contributed by atoms with Crippen molar-refractivity contribution >= 4 is 28.6 Å². The molecule has 3 fully saturated rings. The number of hydrogen-bond acceptors (Lipinski definition) is 7. The molecule has 46 heavy (non-hydrogen) atoms. The van der Waals surface area contributed by atoms with Crippen molar-refractivity contribution in [3.63, 3.8) is 0 Å². The number of piperidine rings is 1. The van der Waals surface area contributed by atoms with Crippen molar-refractivity contribution in [2.24, 2.45) is 0 Å². The summed E-state index contributed by atoms with van der Waals surface area (Å²) >= 11 is 0. The Balaban J connectivity index is 1.13. The number of pyridine rings is 1. The van der Waals surface area contributed by atoms with Crippen molar-refractivity contribution in [1.29, 1.82) is 0 Å². The Hall–Kier alpha value is -4.80. The Kier molecular flexibility index (Phi) is 6.81. The minimum absolute atomic E-state index is 0.0197. The zero-order valence-electron chi connectivity index (χ0n) is 26.4. The van der Waals surface area contributed by atoms with Crippen LogP contribution >= 0.6 is 0 Å². The third-order valence-electron chi connectivity index (χ3n) is 9.81. The van der Waals surface area contributed by atoms with Crippen molar-refractivity contribution in [1.82, 2.24) is 39.6 Å². The molecule has 2 bridgehead atoms. The molecule has 3 atom stereocenters. The van der Waals surface area contributed by atoms with Crippen LogP contribution in [0.4, 0.5) is 4.79 Å². The molecular formula is C35H38N8O3. The first kappa shape index (κ1) is 28.7. The number of H-pyrrole nitrogens is 1. The maximum atomic E-state index is 14.0. The van der Waals surface area contributed by atoms with Crippen LogP contribution in [-0.4, -0.2) is 81.9 Å². The average molecular weight is 619 g/mol. The zero-order valence-corrected chi connectivity index (χ0v) is 26.4. The highest BCUT2D eigenvalue weighted by molar-refractivity contribution is 6.02. The predicted octanol–water partition coefficient (Wildman–Crippen LogP) is 5.97. The number of nitrogens with zero attached hydrogens (tertiary/aromatic N) is 7. The van der Waals surface area contributed by atoms with Gasteiger partial charge in [0.2, 0.25) is 0 Å². The minimum Gasteiger partial charge on any atom is -0.458 e. The van der Waals surface area contributed by atoms with Gasteiger partial charge in [-0.25, -0.2) is 19.1 Å². The largest absolute Gasteiger partial charge is 0.458 e. The van der Waals surface area contributed by atoms with Crippen LogP contribution in [0.15, 0.2) is 61.2 Å². The summed E-state index contributed by atoms with van der Waals surface area (Å²) in [7, 11) is 0. The predicted molar refractivity (Wildman–Crippen MR) is 173 cm³/mol. The molecular weight excluding hydrogens is 580 g/mol. The first-order chi connectivity index (χ1) is 22.3. The fourth-order valence-corrected chi connectivity index (χ4v) is 7.91. The van der Waals surface area contributed by atoms with E-state index in [1.807, 2.05) is 61.9 Å². The van der Waals surface area contributed by atoms with E-state index in [0.29, 0.717) is 13.0 Å². The highest BCUT2D eigenvalue weighted by Gasteiger charge is 2.48. The first-order valence-corrected chi connectivity index (χ1v) is 16.3. The molecule has 7 heterocycles. The number of nitrogens with one attached hydrogen (secondary N) is 1. The number of carbonyl (C=O) groups is 2. The van der Waals surface area contributed by atoms with Gasteiger partial charge in [-0.2, -0.15) is 10.2 Å². The molecule has 3 aliphatic rings. The SMILES string of the molecule is CC(C)(C)OC(=O)[C@H]1CCCN1C(=O)N1C2CCC1CC(c1ccnc3c(-c4cccc5[nH]ncc45)c(-c4ccncc4)nn13)C2. The number of benzene rings is 1. The van der Waals surface area contributed by atoms with Gasteiger partial charge in [0, 0.05) is 59.8 Å². The summed E-state index contributed by atoms with van der Waals surface area (Å²) in [5, 5.41) is 13.6. The Morgan fingerprint density at radius 1 is 0.978 bits per heavy atom. The third-order valence-corrected chi connectivity index (χ3v) is 9.81. The molecule has 2 amide bonds. The summed E-state index contributed by atoms with van der Waals surface area (Å²) in [5.41, 5.74) is 6.04. The van der Waals surface area contributed by atoms with Gasteiger partial charge < -0.3 is 14.5 Å². The number of amides is 2. The summed E-state index contributed by atoms with van der Waals surface area (Å²) in [5.74, 6) is -0.0969. The van der Waals surface area contributed by atoms with Gasteiger partial charge in [-0.05, 0) is 89.1 Å². The molecule has 2 unspecified atom stereocenters. The molecule has 1 aromatic carbocycles. The second-order valence-corrected chi connectivity index (χ2v) is 13.8. The number of aromatic amines is 1. The lowest BCUT2D eigenvalue weighted by atomic mass is 9.88. The van der Waals surface area contributed by atoms with Crippen molar-refractivity contribution in [3.05, 3.63) is 66.9 Å². The highest BCUT2D eigenvalue weighted by atomic mass is 16.6. The van der Waals surface area contributed by atoms with Gasteiger partial charge in [-0.3, -0.25) is 10.1 Å². The number of rotatable bonds is 4. The molecule has 3 saturated heterocycles. The van der Waals surface area contributed by atoms with E-state index in [4.69, 9.17) is 14.8 Å². The number of likely N-dealkylation sites (tertiary alicyclic amines) is 1. The average Bonchev–Trinajstić information content (AvgIpc) is 3.84. The summed E-state index contributed by atoms with van der Waals surface area (Å²) in [6.07, 6.45) is 12.4. The molecule has 3 aliphatic heterocycles. The van der Waals surface area contributed by atoms with Crippen LogP contribution in [0.5, 0.6) is 0 Å². The monoisotopic (exact) mass is 618 g/mol. The lowest BCUT2D eigenvalue weighted by molar-refractivity contribution is -0.159. The minimum atomic E-state index is -0.587. The van der Waals surface area contributed by atoms with Crippen molar-refractivity contribution < 1.29 is 14.3 Å². The standard InChI is InChI=1S/C35H38N8O3/c1-35(2,3)46-33(44)29-8-5-17-41(29)34(45)42-23-9-10-24(42)19-22(18-23)28-13-16-37-32-30(25-6-4-7-27-26(25)20-38-39-27)31(40-43(28)32)21-11-14-36-15-12-21/h4,6-7,11-16,20,22-24,29H,5,8-10,17-19H2,1-3H3,(H,38,39)/t22?,23?,24?,29-/m1/s1. The van der Waals surface area contributed by atoms with Gasteiger partial charge in [0.25, 0.3) is 0 Å². The quantitative estimate of drug-likeness (QED) is 0.246. The van der Waals surface area contributed by atoms with Crippen LogP contribution in [0.1, 0.15) is 70.9 Å². The number of urea groups is 1. The van der Waals surface area contributed by atoms with Gasteiger partial charge in [0.15, 0.2) is 5.65 Å². The second kappa shape index (κ2) is 10.9. The zero-order chi connectivity index (χ0) is 31.6. The lowest BCUT2D eigenvalue weighted by Crippen LogP contribution is -2.55. The Bertz CT molecular complexity index is 1930. The Morgan fingerprint density at radius 2 is 1.76 bits per heavy atom. The molecule has 8 rings (SSSR count). The molecule has 0 saturated carbocycles. The summed E-state index contributed by atoms with van der Waals surface area (Å²) in [4.78, 5) is 40.0. The van der Waals surface area contributed by atoms with Gasteiger partial charge >= 0.3 is 12.0 Å². The normalized spacial score (nSPS) is 23.0. The van der Waals surface area contributed by atoms with E-state index in [1.165, 1.54) is 0 Å². The van der Waals surface area contributed by atoms with E-state index in [0.717, 1.165) is 76.7 Å². The van der Waals surface area contributed by atoms with E-state index in [9.17, 15) is 9.59 Å². The van der Waals surface area contributed by atoms with E-state index >= 15 is 0 Å². The number of aromatic nitrogens is 6. The Labute approximate surface area is 267 Å². The van der Waals surface area contributed by atoms with E-state index < -0.39 is 11.6 Å². The van der Waals surface area contributed by atoms with Crippen LogP contribution in [0.3, 0.4) is 0 Å². The van der Waals surface area contributed by atoms with Crippen LogP contribution in [0.2, 0.25) is 0 Å².